The van der Waals surface area contributed by atoms with Crippen molar-refractivity contribution in [1.29, 1.82) is 0 Å². The number of fused-ring (bicyclic) bond motifs is 1. The van der Waals surface area contributed by atoms with Crippen LogP contribution in [0.2, 0.25) is 0 Å². The minimum Gasteiger partial charge on any atom is -0.493 e. The van der Waals surface area contributed by atoms with Crippen molar-refractivity contribution in [2.24, 2.45) is 5.10 Å². The lowest BCUT2D eigenvalue weighted by atomic mass is 10.0. The van der Waals surface area contributed by atoms with Gasteiger partial charge in [0.2, 0.25) is 0 Å². The van der Waals surface area contributed by atoms with Crippen LogP contribution in [0.1, 0.15) is 35.7 Å². The number of hydrazone groups is 1. The third-order valence-electron chi connectivity index (χ3n) is 4.13. The van der Waals surface area contributed by atoms with Gasteiger partial charge in [-0.05, 0) is 41.5 Å². The molecule has 0 aromatic heterocycles. The Kier molecular flexibility index (Phi) is 6.60. The van der Waals surface area contributed by atoms with Gasteiger partial charge in [-0.2, -0.15) is 5.10 Å². The summed E-state index contributed by atoms with van der Waals surface area (Å²) in [6.45, 7) is 2.78. The van der Waals surface area contributed by atoms with Crippen LogP contribution in [0, 0.1) is 0 Å². The van der Waals surface area contributed by atoms with E-state index in [1.165, 1.54) is 0 Å². The van der Waals surface area contributed by atoms with Gasteiger partial charge >= 0.3 is 0 Å². The fourth-order valence-corrected chi connectivity index (χ4v) is 3.11. The summed E-state index contributed by atoms with van der Waals surface area (Å²) in [5.41, 5.74) is 3.99. The van der Waals surface area contributed by atoms with E-state index in [0.29, 0.717) is 12.2 Å². The number of rotatable bonds is 7. The van der Waals surface area contributed by atoms with Crippen molar-refractivity contribution in [2.75, 3.05) is 6.61 Å². The summed E-state index contributed by atoms with van der Waals surface area (Å²) in [5.74, 6) is 0.504. The maximum Gasteiger partial charge on any atom is 0.271 e. The monoisotopic (exact) mass is 424 g/mol. The molecule has 1 amide bonds. The SMILES string of the molecule is CCCCOc1ccc2ccccc2c1/C=N/NC(=O)c1cccc(Br)c1. The molecule has 27 heavy (non-hydrogen) atoms. The normalized spacial score (nSPS) is 11.0. The van der Waals surface area contributed by atoms with Crippen molar-refractivity contribution in [3.8, 4) is 5.75 Å². The number of benzene rings is 3. The van der Waals surface area contributed by atoms with Crippen LogP contribution in [0.3, 0.4) is 0 Å². The smallest absolute Gasteiger partial charge is 0.271 e. The fourth-order valence-electron chi connectivity index (χ4n) is 2.71. The Morgan fingerprint density at radius 1 is 1.15 bits per heavy atom. The fraction of sp³-hybridized carbons (Fsp3) is 0.182. The highest BCUT2D eigenvalue weighted by molar-refractivity contribution is 9.10. The molecule has 0 unspecified atom stereocenters. The molecule has 0 saturated carbocycles. The number of amides is 1. The zero-order chi connectivity index (χ0) is 19.1. The molecule has 0 aliphatic carbocycles. The van der Waals surface area contributed by atoms with Crippen molar-refractivity contribution in [1.82, 2.24) is 5.43 Å². The summed E-state index contributed by atoms with van der Waals surface area (Å²) in [5, 5.41) is 6.30. The average molecular weight is 425 g/mol. The van der Waals surface area contributed by atoms with E-state index in [4.69, 9.17) is 4.74 Å². The first kappa shape index (κ1) is 19.1. The molecule has 0 heterocycles. The second-order valence-electron chi connectivity index (χ2n) is 6.11. The Balaban J connectivity index is 1.84. The van der Waals surface area contributed by atoms with Crippen LogP contribution in [0.15, 0.2) is 70.2 Å². The molecule has 138 valence electrons. The number of nitrogens with zero attached hydrogens (tertiary/aromatic N) is 1. The Labute approximate surface area is 167 Å². The lowest BCUT2D eigenvalue weighted by Crippen LogP contribution is -2.17. The van der Waals surface area contributed by atoms with Gasteiger partial charge in [-0.15, -0.1) is 0 Å². The first-order valence-electron chi connectivity index (χ1n) is 8.92. The van der Waals surface area contributed by atoms with Crippen molar-refractivity contribution in [3.05, 3.63) is 76.3 Å². The minimum atomic E-state index is -0.263. The van der Waals surface area contributed by atoms with Crippen molar-refractivity contribution in [3.63, 3.8) is 0 Å². The van der Waals surface area contributed by atoms with Crippen LogP contribution in [0.4, 0.5) is 0 Å². The highest BCUT2D eigenvalue weighted by Crippen LogP contribution is 2.27. The Morgan fingerprint density at radius 2 is 2.00 bits per heavy atom. The highest BCUT2D eigenvalue weighted by atomic mass is 79.9. The van der Waals surface area contributed by atoms with Crippen LogP contribution in [0.5, 0.6) is 5.75 Å². The van der Waals surface area contributed by atoms with E-state index in [9.17, 15) is 4.79 Å². The predicted molar refractivity (Wildman–Crippen MR) is 114 cm³/mol. The molecule has 0 fully saturated rings. The molecule has 4 nitrogen and oxygen atoms in total. The lowest BCUT2D eigenvalue weighted by molar-refractivity contribution is 0.0955. The van der Waals surface area contributed by atoms with Crippen LogP contribution in [-0.2, 0) is 0 Å². The standard InChI is InChI=1S/C22H21BrN2O2/c1-2-3-13-27-21-12-11-16-7-4-5-10-19(16)20(21)15-24-25-22(26)17-8-6-9-18(23)14-17/h4-12,14-15H,2-3,13H2,1H3,(H,25,26)/b24-15+. The third kappa shape index (κ3) is 4.95. The Morgan fingerprint density at radius 3 is 2.81 bits per heavy atom. The van der Waals surface area contributed by atoms with E-state index < -0.39 is 0 Å². The zero-order valence-electron chi connectivity index (χ0n) is 15.1. The van der Waals surface area contributed by atoms with Gasteiger partial charge < -0.3 is 4.74 Å². The maximum absolute atomic E-state index is 12.3. The summed E-state index contributed by atoms with van der Waals surface area (Å²) in [4.78, 5) is 12.3. The van der Waals surface area contributed by atoms with E-state index in [0.717, 1.165) is 39.4 Å². The first-order valence-corrected chi connectivity index (χ1v) is 9.72. The summed E-state index contributed by atoms with van der Waals surface area (Å²) < 4.78 is 6.78. The zero-order valence-corrected chi connectivity index (χ0v) is 16.7. The number of carbonyl (C=O) groups excluding carboxylic acids is 1. The molecular formula is C22H21BrN2O2. The van der Waals surface area contributed by atoms with Crippen LogP contribution in [-0.4, -0.2) is 18.7 Å². The van der Waals surface area contributed by atoms with Crippen LogP contribution >= 0.6 is 15.9 Å². The quantitative estimate of drug-likeness (QED) is 0.307. The topological polar surface area (TPSA) is 50.7 Å². The Hall–Kier alpha value is -2.66. The molecule has 0 aliphatic heterocycles. The van der Waals surface area contributed by atoms with Gasteiger partial charge in [0.1, 0.15) is 5.75 Å². The number of hydrogen-bond donors (Lipinski definition) is 1. The maximum atomic E-state index is 12.3. The molecule has 5 heteroatoms. The predicted octanol–water partition coefficient (Wildman–Crippen LogP) is 5.55. The molecule has 3 aromatic rings. The summed E-state index contributed by atoms with van der Waals surface area (Å²) in [6.07, 6.45) is 3.71. The van der Waals surface area contributed by atoms with Crippen molar-refractivity contribution in [2.45, 2.75) is 19.8 Å². The molecular weight excluding hydrogens is 404 g/mol. The molecule has 0 aliphatic rings. The average Bonchev–Trinajstić information content (AvgIpc) is 2.69. The second kappa shape index (κ2) is 9.33. The van der Waals surface area contributed by atoms with E-state index in [2.05, 4.69) is 33.4 Å². The van der Waals surface area contributed by atoms with Crippen molar-refractivity contribution < 1.29 is 9.53 Å². The molecule has 0 radical (unpaired) electrons. The second-order valence-corrected chi connectivity index (χ2v) is 7.03. The molecule has 3 rings (SSSR count). The number of unbranched alkanes of at least 4 members (excludes halogenated alkanes) is 1. The van der Waals surface area contributed by atoms with Crippen LogP contribution in [0.25, 0.3) is 10.8 Å². The Bertz CT molecular complexity index is 969. The van der Waals surface area contributed by atoms with E-state index in [1.807, 2.05) is 48.5 Å². The molecule has 0 atom stereocenters. The van der Waals surface area contributed by atoms with Gasteiger partial charge in [0, 0.05) is 15.6 Å². The van der Waals surface area contributed by atoms with E-state index in [-0.39, 0.29) is 5.91 Å². The summed E-state index contributed by atoms with van der Waals surface area (Å²) >= 11 is 3.37. The van der Waals surface area contributed by atoms with Gasteiger partial charge in [-0.25, -0.2) is 5.43 Å². The van der Waals surface area contributed by atoms with Gasteiger partial charge in [0.25, 0.3) is 5.91 Å². The molecule has 1 N–H and O–H groups in total. The first-order chi connectivity index (χ1) is 13.2. The largest absolute Gasteiger partial charge is 0.493 e. The van der Waals surface area contributed by atoms with E-state index in [1.54, 1.807) is 18.3 Å². The number of nitrogens with one attached hydrogen (secondary N) is 1. The minimum absolute atomic E-state index is 0.263. The van der Waals surface area contributed by atoms with Gasteiger partial charge in [0.05, 0.1) is 12.8 Å². The number of carbonyl (C=O) groups is 1. The van der Waals surface area contributed by atoms with Gasteiger partial charge in [-0.1, -0.05) is 65.7 Å². The highest BCUT2D eigenvalue weighted by Gasteiger charge is 2.08. The van der Waals surface area contributed by atoms with Crippen LogP contribution < -0.4 is 10.2 Å². The third-order valence-corrected chi connectivity index (χ3v) is 4.63. The number of hydrogen-bond acceptors (Lipinski definition) is 3. The lowest BCUT2D eigenvalue weighted by Gasteiger charge is -2.11. The van der Waals surface area contributed by atoms with Gasteiger partial charge in [0.15, 0.2) is 0 Å². The summed E-state index contributed by atoms with van der Waals surface area (Å²) in [7, 11) is 0. The number of ether oxygens (including phenoxy) is 1. The molecule has 3 aromatic carbocycles. The number of halogens is 1. The van der Waals surface area contributed by atoms with Crippen molar-refractivity contribution >= 4 is 38.8 Å². The van der Waals surface area contributed by atoms with E-state index >= 15 is 0 Å². The molecule has 0 saturated heterocycles. The summed E-state index contributed by atoms with van der Waals surface area (Å²) in [6, 6.07) is 19.2. The molecule has 0 spiro atoms. The van der Waals surface area contributed by atoms with Gasteiger partial charge in [-0.3, -0.25) is 4.79 Å². The molecule has 0 bridgehead atoms.